The van der Waals surface area contributed by atoms with Gasteiger partial charge in [0.1, 0.15) is 5.58 Å². The molecule has 0 spiro atoms. The normalized spacial score (nSPS) is 10.9. The van der Waals surface area contributed by atoms with E-state index < -0.39 is 0 Å². The summed E-state index contributed by atoms with van der Waals surface area (Å²) in [6.07, 6.45) is 0. The molecule has 0 aliphatic carbocycles. The molecule has 3 rings (SSSR count). The lowest BCUT2D eigenvalue weighted by Crippen LogP contribution is -2.04. The van der Waals surface area contributed by atoms with Crippen molar-refractivity contribution in [2.24, 2.45) is 0 Å². The molecular weight excluding hydrogens is 250 g/mol. The van der Waals surface area contributed by atoms with Crippen molar-refractivity contribution in [2.45, 2.75) is 20.8 Å². The summed E-state index contributed by atoms with van der Waals surface area (Å²) >= 11 is 0. The van der Waals surface area contributed by atoms with Crippen LogP contribution >= 0.6 is 0 Å². The van der Waals surface area contributed by atoms with Crippen LogP contribution in [0.15, 0.2) is 40.8 Å². The van der Waals surface area contributed by atoms with Gasteiger partial charge in [0.2, 0.25) is 5.78 Å². The third-order valence-corrected chi connectivity index (χ3v) is 3.37. The number of hydrogen-bond donors (Lipinski definition) is 0. The van der Waals surface area contributed by atoms with Crippen LogP contribution in [0.4, 0.5) is 0 Å². The van der Waals surface area contributed by atoms with Crippen molar-refractivity contribution >= 4 is 16.8 Å². The molecule has 2 heterocycles. The average molecular weight is 265 g/mol. The number of benzene rings is 1. The standard InChI is InChI=1S/C17H15NO2/c1-10-4-7-15-13(8-10)9-16(20-15)17(19)14-6-5-11(2)18-12(14)3/h4-9H,1-3H3. The molecule has 0 bridgehead atoms. The van der Waals surface area contributed by atoms with Gasteiger partial charge in [-0.15, -0.1) is 0 Å². The lowest BCUT2D eigenvalue weighted by Gasteiger charge is -2.02. The summed E-state index contributed by atoms with van der Waals surface area (Å²) in [6, 6.07) is 11.3. The number of aryl methyl sites for hydroxylation is 3. The second kappa shape index (κ2) is 4.60. The number of fused-ring (bicyclic) bond motifs is 1. The van der Waals surface area contributed by atoms with Crippen molar-refractivity contribution in [1.82, 2.24) is 4.98 Å². The van der Waals surface area contributed by atoms with Gasteiger partial charge in [0.05, 0.1) is 0 Å². The number of carbonyl (C=O) groups excluding carboxylic acids is 1. The SMILES string of the molecule is Cc1ccc2oc(C(=O)c3ccc(C)nc3C)cc2c1. The number of pyridine rings is 1. The van der Waals surface area contributed by atoms with Crippen LogP contribution in [0, 0.1) is 20.8 Å². The van der Waals surface area contributed by atoms with E-state index in [-0.39, 0.29) is 5.78 Å². The smallest absolute Gasteiger partial charge is 0.230 e. The van der Waals surface area contributed by atoms with Crippen molar-refractivity contribution < 1.29 is 9.21 Å². The average Bonchev–Trinajstić information content (AvgIpc) is 2.81. The summed E-state index contributed by atoms with van der Waals surface area (Å²) in [5.74, 6) is 0.239. The maximum Gasteiger partial charge on any atom is 0.230 e. The summed E-state index contributed by atoms with van der Waals surface area (Å²) in [5.41, 5.74) is 4.10. The van der Waals surface area contributed by atoms with Crippen molar-refractivity contribution in [1.29, 1.82) is 0 Å². The van der Waals surface area contributed by atoms with E-state index in [1.807, 2.05) is 45.0 Å². The van der Waals surface area contributed by atoms with Crippen LogP contribution in [0.25, 0.3) is 11.0 Å². The quantitative estimate of drug-likeness (QED) is 0.658. The first kappa shape index (κ1) is 12.6. The summed E-state index contributed by atoms with van der Waals surface area (Å²) in [7, 11) is 0. The van der Waals surface area contributed by atoms with Gasteiger partial charge in [0, 0.05) is 22.3 Å². The predicted octanol–water partition coefficient (Wildman–Crippen LogP) is 3.98. The minimum absolute atomic E-state index is 0.121. The van der Waals surface area contributed by atoms with Crippen LogP contribution < -0.4 is 0 Å². The monoisotopic (exact) mass is 265 g/mol. The van der Waals surface area contributed by atoms with Crippen LogP contribution in [0.3, 0.4) is 0 Å². The third-order valence-electron chi connectivity index (χ3n) is 3.37. The largest absolute Gasteiger partial charge is 0.453 e. The van der Waals surface area contributed by atoms with Gasteiger partial charge in [0.25, 0.3) is 0 Å². The molecule has 0 unspecified atom stereocenters. The Hall–Kier alpha value is -2.42. The fourth-order valence-electron chi connectivity index (χ4n) is 2.33. The van der Waals surface area contributed by atoms with E-state index in [9.17, 15) is 4.79 Å². The van der Waals surface area contributed by atoms with E-state index in [0.29, 0.717) is 11.3 Å². The van der Waals surface area contributed by atoms with E-state index >= 15 is 0 Å². The molecule has 100 valence electrons. The van der Waals surface area contributed by atoms with Crippen LogP contribution in [0.5, 0.6) is 0 Å². The highest BCUT2D eigenvalue weighted by atomic mass is 16.3. The van der Waals surface area contributed by atoms with E-state index in [2.05, 4.69) is 4.98 Å². The number of ketones is 1. The second-order valence-corrected chi connectivity index (χ2v) is 5.07. The minimum Gasteiger partial charge on any atom is -0.453 e. The van der Waals surface area contributed by atoms with Crippen molar-refractivity contribution in [3.63, 3.8) is 0 Å². The Bertz CT molecular complexity index is 815. The number of hydrogen-bond acceptors (Lipinski definition) is 3. The van der Waals surface area contributed by atoms with Gasteiger partial charge in [-0.3, -0.25) is 9.78 Å². The number of nitrogens with zero attached hydrogens (tertiary/aromatic N) is 1. The molecule has 0 fully saturated rings. The Labute approximate surface area is 117 Å². The Kier molecular flexibility index (Phi) is 2.90. The van der Waals surface area contributed by atoms with Crippen LogP contribution in [0.1, 0.15) is 33.1 Å². The molecule has 0 N–H and O–H groups in total. The van der Waals surface area contributed by atoms with E-state index in [1.54, 1.807) is 12.1 Å². The highest BCUT2D eigenvalue weighted by molar-refractivity contribution is 6.09. The molecule has 0 amide bonds. The highest BCUT2D eigenvalue weighted by Gasteiger charge is 2.17. The van der Waals surface area contributed by atoms with Gasteiger partial charge >= 0.3 is 0 Å². The molecule has 0 saturated heterocycles. The van der Waals surface area contributed by atoms with Gasteiger partial charge in [-0.25, -0.2) is 0 Å². The van der Waals surface area contributed by atoms with E-state index in [1.165, 1.54) is 0 Å². The Balaban J connectivity index is 2.08. The van der Waals surface area contributed by atoms with Crippen molar-refractivity contribution in [3.05, 3.63) is 64.7 Å². The predicted molar refractivity (Wildman–Crippen MR) is 78.1 cm³/mol. The summed E-state index contributed by atoms with van der Waals surface area (Å²) in [5, 5.41) is 0.950. The zero-order valence-electron chi connectivity index (χ0n) is 11.7. The third kappa shape index (κ3) is 2.11. The summed E-state index contributed by atoms with van der Waals surface area (Å²) in [4.78, 5) is 16.8. The first-order valence-corrected chi connectivity index (χ1v) is 6.54. The molecule has 3 nitrogen and oxygen atoms in total. The van der Waals surface area contributed by atoms with E-state index in [0.717, 1.165) is 27.9 Å². The van der Waals surface area contributed by atoms with Crippen LogP contribution in [-0.2, 0) is 0 Å². The van der Waals surface area contributed by atoms with E-state index in [4.69, 9.17) is 4.42 Å². The molecular formula is C17H15NO2. The van der Waals surface area contributed by atoms with Gasteiger partial charge < -0.3 is 4.42 Å². The Morgan fingerprint density at radius 2 is 1.85 bits per heavy atom. The second-order valence-electron chi connectivity index (χ2n) is 5.07. The number of carbonyl (C=O) groups is 1. The maximum atomic E-state index is 12.5. The molecule has 0 atom stereocenters. The topological polar surface area (TPSA) is 43.1 Å². The molecule has 3 aromatic rings. The molecule has 0 radical (unpaired) electrons. The van der Waals surface area contributed by atoms with Gasteiger partial charge in [-0.05, 0) is 51.1 Å². The van der Waals surface area contributed by atoms with Crippen LogP contribution in [-0.4, -0.2) is 10.8 Å². The first-order chi connectivity index (χ1) is 9.54. The highest BCUT2D eigenvalue weighted by Crippen LogP contribution is 2.23. The van der Waals surface area contributed by atoms with Crippen LogP contribution in [0.2, 0.25) is 0 Å². The Morgan fingerprint density at radius 1 is 1.05 bits per heavy atom. The molecule has 1 aromatic carbocycles. The zero-order valence-corrected chi connectivity index (χ0v) is 11.7. The molecule has 0 aliphatic heterocycles. The fraction of sp³-hybridized carbons (Fsp3) is 0.176. The Morgan fingerprint density at radius 3 is 2.60 bits per heavy atom. The molecule has 3 heteroatoms. The number of aromatic nitrogens is 1. The van der Waals surface area contributed by atoms with Gasteiger partial charge in [-0.1, -0.05) is 11.6 Å². The fourth-order valence-corrected chi connectivity index (χ4v) is 2.33. The maximum absolute atomic E-state index is 12.5. The summed E-state index contributed by atoms with van der Waals surface area (Å²) < 4.78 is 5.65. The first-order valence-electron chi connectivity index (χ1n) is 6.54. The van der Waals surface area contributed by atoms with Crippen molar-refractivity contribution in [2.75, 3.05) is 0 Å². The lowest BCUT2D eigenvalue weighted by molar-refractivity contribution is 0.101. The zero-order chi connectivity index (χ0) is 14.3. The summed E-state index contributed by atoms with van der Waals surface area (Å²) in [6.45, 7) is 5.76. The molecule has 2 aromatic heterocycles. The molecule has 20 heavy (non-hydrogen) atoms. The number of furan rings is 1. The number of rotatable bonds is 2. The van der Waals surface area contributed by atoms with Gasteiger partial charge in [-0.2, -0.15) is 0 Å². The molecule has 0 saturated carbocycles. The lowest BCUT2D eigenvalue weighted by atomic mass is 10.1. The van der Waals surface area contributed by atoms with Crippen molar-refractivity contribution in [3.8, 4) is 0 Å². The molecule has 0 aliphatic rings. The van der Waals surface area contributed by atoms with Gasteiger partial charge in [0.15, 0.2) is 5.76 Å². The minimum atomic E-state index is -0.121.